The maximum Gasteiger partial charge on any atom is 0.259 e. The Kier molecular flexibility index (Phi) is 3.69. The summed E-state index contributed by atoms with van der Waals surface area (Å²) in [5, 5.41) is 12.0. The van der Waals surface area contributed by atoms with Crippen LogP contribution in [0.4, 0.5) is 17.3 Å². The van der Waals surface area contributed by atoms with Gasteiger partial charge in [0.05, 0.1) is 11.3 Å². The summed E-state index contributed by atoms with van der Waals surface area (Å²) in [6.07, 6.45) is 7.11. The molecule has 4 rings (SSSR count). The predicted molar refractivity (Wildman–Crippen MR) is 91.7 cm³/mol. The first kappa shape index (κ1) is 15.1. The second kappa shape index (κ2) is 5.87. The summed E-state index contributed by atoms with van der Waals surface area (Å²) >= 11 is 0. The molecule has 0 unspecified atom stereocenters. The van der Waals surface area contributed by atoms with E-state index in [-0.39, 0.29) is 12.5 Å². The molecule has 2 aromatic rings. The average Bonchev–Trinajstić information content (AvgIpc) is 3.41. The second-order valence-corrected chi connectivity index (χ2v) is 6.42. The largest absolute Gasteiger partial charge is 0.396 e. The average molecular weight is 324 g/mol. The summed E-state index contributed by atoms with van der Waals surface area (Å²) in [5.41, 5.74) is 3.30. The standard InChI is InChI=1S/C18H20N4O2/c1-11-6-7-19-17-15(11)21-18(24)14-9-12(3-2-8-23)10-20-16(14)22(17)13-4-5-13/h6-7,9-10,13,23H,2-5,8H2,1H3,(H,21,24). The fourth-order valence-corrected chi connectivity index (χ4v) is 3.12. The Morgan fingerprint density at radius 1 is 1.33 bits per heavy atom. The smallest absolute Gasteiger partial charge is 0.259 e. The lowest BCUT2D eigenvalue weighted by molar-refractivity contribution is 0.102. The molecule has 0 aromatic carbocycles. The maximum atomic E-state index is 12.8. The molecular weight excluding hydrogens is 304 g/mol. The molecule has 3 heterocycles. The quantitative estimate of drug-likeness (QED) is 0.904. The van der Waals surface area contributed by atoms with Crippen molar-refractivity contribution in [3.63, 3.8) is 0 Å². The number of anilines is 3. The van der Waals surface area contributed by atoms with Crippen molar-refractivity contribution in [2.45, 2.75) is 38.6 Å². The molecule has 124 valence electrons. The fourth-order valence-electron chi connectivity index (χ4n) is 3.12. The normalized spacial score (nSPS) is 16.2. The van der Waals surface area contributed by atoms with Crippen molar-refractivity contribution < 1.29 is 9.90 Å². The van der Waals surface area contributed by atoms with E-state index in [1.54, 1.807) is 12.4 Å². The van der Waals surface area contributed by atoms with Crippen molar-refractivity contribution in [2.75, 3.05) is 16.8 Å². The Hall–Kier alpha value is -2.47. The third-order valence-corrected chi connectivity index (χ3v) is 4.54. The molecular formula is C18H20N4O2. The summed E-state index contributed by atoms with van der Waals surface area (Å²) in [7, 11) is 0. The van der Waals surface area contributed by atoms with Gasteiger partial charge in [-0.3, -0.25) is 4.79 Å². The zero-order valence-corrected chi connectivity index (χ0v) is 13.6. The molecule has 2 aliphatic rings. The van der Waals surface area contributed by atoms with Crippen LogP contribution in [-0.4, -0.2) is 33.6 Å². The number of nitrogens with one attached hydrogen (secondary N) is 1. The van der Waals surface area contributed by atoms with E-state index in [9.17, 15) is 4.79 Å². The van der Waals surface area contributed by atoms with Crippen LogP contribution in [0.3, 0.4) is 0 Å². The first-order valence-corrected chi connectivity index (χ1v) is 8.35. The molecule has 0 spiro atoms. The van der Waals surface area contributed by atoms with Gasteiger partial charge in [-0.05, 0) is 55.9 Å². The zero-order chi connectivity index (χ0) is 16.7. The van der Waals surface area contributed by atoms with Gasteiger partial charge in [-0.2, -0.15) is 0 Å². The highest BCUT2D eigenvalue weighted by atomic mass is 16.2. The molecule has 6 nitrogen and oxygen atoms in total. The lowest BCUT2D eigenvalue weighted by atomic mass is 10.1. The number of hydrogen-bond acceptors (Lipinski definition) is 5. The number of carbonyl (C=O) groups is 1. The van der Waals surface area contributed by atoms with Gasteiger partial charge < -0.3 is 15.3 Å². The van der Waals surface area contributed by atoms with Gasteiger partial charge in [0, 0.05) is 25.0 Å². The van der Waals surface area contributed by atoms with E-state index in [0.717, 1.165) is 35.5 Å². The molecule has 1 aliphatic heterocycles. The minimum atomic E-state index is -0.149. The minimum absolute atomic E-state index is 0.131. The molecule has 1 saturated carbocycles. The number of aliphatic hydroxyl groups is 1. The molecule has 1 amide bonds. The first-order chi connectivity index (χ1) is 11.7. The van der Waals surface area contributed by atoms with Crippen LogP contribution < -0.4 is 10.2 Å². The number of hydrogen-bond donors (Lipinski definition) is 2. The molecule has 0 saturated heterocycles. The summed E-state index contributed by atoms with van der Waals surface area (Å²) in [6.45, 7) is 2.11. The predicted octanol–water partition coefficient (Wildman–Crippen LogP) is 2.58. The van der Waals surface area contributed by atoms with Gasteiger partial charge in [0.1, 0.15) is 5.82 Å². The highest BCUT2D eigenvalue weighted by molar-refractivity contribution is 6.12. The van der Waals surface area contributed by atoms with E-state index in [4.69, 9.17) is 5.11 Å². The van der Waals surface area contributed by atoms with Crippen LogP contribution >= 0.6 is 0 Å². The van der Waals surface area contributed by atoms with Gasteiger partial charge in [-0.1, -0.05) is 0 Å². The number of nitrogens with zero attached hydrogens (tertiary/aromatic N) is 3. The van der Waals surface area contributed by atoms with Crippen molar-refractivity contribution in [2.24, 2.45) is 0 Å². The van der Waals surface area contributed by atoms with Gasteiger partial charge in [-0.25, -0.2) is 9.97 Å². The molecule has 0 radical (unpaired) electrons. The van der Waals surface area contributed by atoms with Gasteiger partial charge in [0.15, 0.2) is 5.82 Å². The highest BCUT2D eigenvalue weighted by Gasteiger charge is 2.38. The van der Waals surface area contributed by atoms with Crippen LogP contribution in [0.1, 0.15) is 40.7 Å². The zero-order valence-electron chi connectivity index (χ0n) is 13.6. The van der Waals surface area contributed by atoms with E-state index in [2.05, 4.69) is 20.2 Å². The molecule has 1 fully saturated rings. The van der Waals surface area contributed by atoms with Gasteiger partial charge in [-0.15, -0.1) is 0 Å². The van der Waals surface area contributed by atoms with E-state index in [1.165, 1.54) is 0 Å². The summed E-state index contributed by atoms with van der Waals surface area (Å²) in [4.78, 5) is 24.0. The molecule has 0 bridgehead atoms. The van der Waals surface area contributed by atoms with Crippen LogP contribution in [-0.2, 0) is 6.42 Å². The third kappa shape index (κ3) is 2.53. The number of aromatic nitrogens is 2. The minimum Gasteiger partial charge on any atom is -0.396 e. The van der Waals surface area contributed by atoms with E-state index in [1.807, 2.05) is 19.1 Å². The Balaban J connectivity index is 1.84. The molecule has 6 heteroatoms. The number of aryl methyl sites for hydroxylation is 2. The topological polar surface area (TPSA) is 78.3 Å². The summed E-state index contributed by atoms with van der Waals surface area (Å²) in [5.74, 6) is 1.31. The van der Waals surface area contributed by atoms with Crippen LogP contribution in [0.25, 0.3) is 0 Å². The van der Waals surface area contributed by atoms with Crippen LogP contribution in [0.15, 0.2) is 24.5 Å². The first-order valence-electron chi connectivity index (χ1n) is 8.35. The number of carbonyl (C=O) groups excluding carboxylic acids is 1. The Labute approximate surface area is 140 Å². The van der Waals surface area contributed by atoms with Crippen LogP contribution in [0.2, 0.25) is 0 Å². The van der Waals surface area contributed by atoms with Gasteiger partial charge in [0.2, 0.25) is 0 Å². The molecule has 24 heavy (non-hydrogen) atoms. The molecule has 1 aliphatic carbocycles. The lowest BCUT2D eigenvalue weighted by Gasteiger charge is -2.24. The maximum absolute atomic E-state index is 12.8. The third-order valence-electron chi connectivity index (χ3n) is 4.54. The Morgan fingerprint density at radius 3 is 2.92 bits per heavy atom. The number of fused-ring (bicyclic) bond motifs is 2. The van der Waals surface area contributed by atoms with E-state index < -0.39 is 0 Å². The van der Waals surface area contributed by atoms with Crippen molar-refractivity contribution >= 4 is 23.2 Å². The van der Waals surface area contributed by atoms with Gasteiger partial charge in [0.25, 0.3) is 5.91 Å². The molecule has 2 N–H and O–H groups in total. The van der Waals surface area contributed by atoms with Crippen molar-refractivity contribution in [1.82, 2.24) is 9.97 Å². The van der Waals surface area contributed by atoms with Crippen LogP contribution in [0.5, 0.6) is 0 Å². The summed E-state index contributed by atoms with van der Waals surface area (Å²) in [6, 6.07) is 4.14. The van der Waals surface area contributed by atoms with E-state index in [0.29, 0.717) is 30.3 Å². The fraction of sp³-hybridized carbons (Fsp3) is 0.389. The van der Waals surface area contributed by atoms with Crippen molar-refractivity contribution in [1.29, 1.82) is 0 Å². The SMILES string of the molecule is Cc1ccnc2c1NC(=O)c1cc(CCCO)cnc1N2C1CC1. The number of amides is 1. The highest BCUT2D eigenvalue weighted by Crippen LogP contribution is 2.43. The van der Waals surface area contributed by atoms with Crippen molar-refractivity contribution in [3.05, 3.63) is 41.2 Å². The number of pyridine rings is 2. The number of aliphatic hydroxyl groups excluding tert-OH is 1. The summed E-state index contributed by atoms with van der Waals surface area (Å²) < 4.78 is 0. The monoisotopic (exact) mass is 324 g/mol. The molecule has 2 aromatic heterocycles. The molecule has 0 atom stereocenters. The lowest BCUT2D eigenvalue weighted by Crippen LogP contribution is -2.23. The van der Waals surface area contributed by atoms with Crippen molar-refractivity contribution in [3.8, 4) is 0 Å². The van der Waals surface area contributed by atoms with Gasteiger partial charge >= 0.3 is 0 Å². The van der Waals surface area contributed by atoms with Crippen LogP contribution in [0, 0.1) is 6.92 Å². The van der Waals surface area contributed by atoms with E-state index >= 15 is 0 Å². The Morgan fingerprint density at radius 2 is 2.17 bits per heavy atom. The second-order valence-electron chi connectivity index (χ2n) is 6.42. The Bertz CT molecular complexity index is 802. The number of rotatable bonds is 4.